The molecular formula is C19H22N2O2S. The number of fused-ring (bicyclic) bond motifs is 1. The minimum Gasteiger partial charge on any atom is -0.489 e. The molecule has 0 unspecified atom stereocenters. The molecule has 1 saturated heterocycles. The van der Waals surface area contributed by atoms with Gasteiger partial charge < -0.3 is 9.64 Å². The van der Waals surface area contributed by atoms with Crippen LogP contribution in [0, 0.1) is 0 Å². The van der Waals surface area contributed by atoms with E-state index in [0.717, 1.165) is 49.4 Å². The van der Waals surface area contributed by atoms with Crippen LogP contribution in [0.15, 0.2) is 29.9 Å². The first-order chi connectivity index (χ1) is 11.8. The smallest absolute Gasteiger partial charge is 0.264 e. The number of thiophene rings is 1. The van der Waals surface area contributed by atoms with Gasteiger partial charge in [-0.05, 0) is 54.3 Å². The third-order valence-electron chi connectivity index (χ3n) is 4.96. The Bertz CT molecular complexity index is 705. The number of piperidine rings is 1. The van der Waals surface area contributed by atoms with Crippen LogP contribution < -0.4 is 4.74 Å². The zero-order valence-electron chi connectivity index (χ0n) is 13.7. The molecule has 2 aromatic rings. The van der Waals surface area contributed by atoms with Gasteiger partial charge in [0.15, 0.2) is 0 Å². The summed E-state index contributed by atoms with van der Waals surface area (Å²) in [6.07, 6.45) is 10.1. The highest BCUT2D eigenvalue weighted by atomic mass is 32.1. The van der Waals surface area contributed by atoms with Crippen LogP contribution in [-0.4, -0.2) is 35.0 Å². The largest absolute Gasteiger partial charge is 0.489 e. The van der Waals surface area contributed by atoms with Crippen molar-refractivity contribution in [2.75, 3.05) is 13.1 Å². The van der Waals surface area contributed by atoms with Gasteiger partial charge in [0, 0.05) is 32.1 Å². The maximum Gasteiger partial charge on any atom is 0.264 e. The molecule has 0 bridgehead atoms. The Hall–Kier alpha value is -1.88. The molecular weight excluding hydrogens is 320 g/mol. The summed E-state index contributed by atoms with van der Waals surface area (Å²) in [6.45, 7) is 1.55. The number of hydrogen-bond acceptors (Lipinski definition) is 4. The minimum absolute atomic E-state index is 0.176. The lowest BCUT2D eigenvalue weighted by Gasteiger charge is -2.32. The Labute approximate surface area is 146 Å². The van der Waals surface area contributed by atoms with Crippen LogP contribution in [0.3, 0.4) is 0 Å². The van der Waals surface area contributed by atoms with E-state index in [2.05, 4.69) is 10.4 Å². The van der Waals surface area contributed by atoms with Crippen LogP contribution in [0.2, 0.25) is 0 Å². The minimum atomic E-state index is 0.176. The van der Waals surface area contributed by atoms with Gasteiger partial charge in [-0.25, -0.2) is 0 Å². The monoisotopic (exact) mass is 342 g/mol. The summed E-state index contributed by atoms with van der Waals surface area (Å²) < 4.78 is 5.97. The predicted molar refractivity (Wildman–Crippen MR) is 94.8 cm³/mol. The lowest BCUT2D eigenvalue weighted by atomic mass is 9.93. The molecule has 1 aliphatic carbocycles. The third kappa shape index (κ3) is 3.18. The number of amides is 1. The number of aryl methyl sites for hydroxylation is 1. The molecule has 1 amide bonds. The number of hydrogen-bond donors (Lipinski definition) is 0. The molecule has 4 rings (SSSR count). The first-order valence-corrected chi connectivity index (χ1v) is 9.64. The predicted octanol–water partition coefficient (Wildman–Crippen LogP) is 3.71. The van der Waals surface area contributed by atoms with Gasteiger partial charge >= 0.3 is 0 Å². The van der Waals surface area contributed by atoms with E-state index in [0.29, 0.717) is 0 Å². The summed E-state index contributed by atoms with van der Waals surface area (Å²) in [7, 11) is 0. The number of aromatic nitrogens is 1. The van der Waals surface area contributed by atoms with Crippen LogP contribution in [0.25, 0.3) is 0 Å². The van der Waals surface area contributed by atoms with Crippen LogP contribution in [0.4, 0.5) is 0 Å². The molecule has 0 saturated carbocycles. The van der Waals surface area contributed by atoms with Crippen LogP contribution >= 0.6 is 11.3 Å². The number of likely N-dealkylation sites (tertiary alicyclic amines) is 1. The van der Waals surface area contributed by atoms with Gasteiger partial charge in [-0.3, -0.25) is 9.78 Å². The molecule has 24 heavy (non-hydrogen) atoms. The van der Waals surface area contributed by atoms with Crippen LogP contribution in [-0.2, 0) is 12.8 Å². The molecule has 4 nitrogen and oxygen atoms in total. The zero-order chi connectivity index (χ0) is 16.4. The number of rotatable bonds is 3. The van der Waals surface area contributed by atoms with E-state index in [1.54, 1.807) is 23.7 Å². The fourth-order valence-corrected chi connectivity index (χ4v) is 4.75. The van der Waals surface area contributed by atoms with E-state index in [4.69, 9.17) is 4.74 Å². The van der Waals surface area contributed by atoms with Crippen molar-refractivity contribution in [1.29, 1.82) is 0 Å². The van der Waals surface area contributed by atoms with Crippen molar-refractivity contribution in [1.82, 2.24) is 9.88 Å². The van der Waals surface area contributed by atoms with Crippen LogP contribution in [0.1, 0.15) is 46.5 Å². The number of carbonyl (C=O) groups is 1. The number of pyridine rings is 1. The van der Waals surface area contributed by atoms with Crippen LogP contribution in [0.5, 0.6) is 5.75 Å². The lowest BCUT2D eigenvalue weighted by Crippen LogP contribution is -2.41. The van der Waals surface area contributed by atoms with Gasteiger partial charge in [0.2, 0.25) is 0 Å². The first kappa shape index (κ1) is 15.6. The van der Waals surface area contributed by atoms with Crippen molar-refractivity contribution in [2.45, 2.75) is 44.6 Å². The highest BCUT2D eigenvalue weighted by Gasteiger charge is 2.28. The SMILES string of the molecule is O=C(c1scc2c1CCCC2)N1CCC(Oc2cccnc2)CC1. The highest BCUT2D eigenvalue weighted by Crippen LogP contribution is 2.31. The Morgan fingerprint density at radius 1 is 1.25 bits per heavy atom. The number of nitrogens with zero attached hydrogens (tertiary/aromatic N) is 2. The summed E-state index contributed by atoms with van der Waals surface area (Å²) >= 11 is 1.64. The quantitative estimate of drug-likeness (QED) is 0.854. The van der Waals surface area contributed by atoms with Gasteiger partial charge in [-0.2, -0.15) is 0 Å². The lowest BCUT2D eigenvalue weighted by molar-refractivity contribution is 0.0598. The third-order valence-corrected chi connectivity index (χ3v) is 6.02. The van der Waals surface area contributed by atoms with Gasteiger partial charge in [0.25, 0.3) is 5.91 Å². The fourth-order valence-electron chi connectivity index (χ4n) is 3.63. The van der Waals surface area contributed by atoms with E-state index in [1.165, 1.54) is 24.0 Å². The van der Waals surface area contributed by atoms with Crippen molar-refractivity contribution in [3.63, 3.8) is 0 Å². The number of ether oxygens (including phenoxy) is 1. The molecule has 3 heterocycles. The van der Waals surface area contributed by atoms with Crippen molar-refractivity contribution in [2.24, 2.45) is 0 Å². The average Bonchev–Trinajstić information content (AvgIpc) is 3.07. The summed E-state index contributed by atoms with van der Waals surface area (Å²) in [5, 5.41) is 2.19. The second kappa shape index (κ2) is 6.93. The summed E-state index contributed by atoms with van der Waals surface area (Å²) in [4.78, 5) is 19.9. The van der Waals surface area contributed by atoms with Crippen molar-refractivity contribution in [3.05, 3.63) is 45.9 Å². The normalized spacial score (nSPS) is 18.2. The summed E-state index contributed by atoms with van der Waals surface area (Å²) in [6, 6.07) is 3.82. The van der Waals surface area contributed by atoms with Gasteiger partial charge in [0.1, 0.15) is 11.9 Å². The molecule has 0 atom stereocenters. The van der Waals surface area contributed by atoms with E-state index in [1.807, 2.05) is 17.0 Å². The molecule has 2 aliphatic rings. The van der Waals surface area contributed by atoms with E-state index in [9.17, 15) is 4.79 Å². The van der Waals surface area contributed by atoms with Crippen molar-refractivity contribution in [3.8, 4) is 5.75 Å². The zero-order valence-corrected chi connectivity index (χ0v) is 14.6. The molecule has 0 radical (unpaired) electrons. The Morgan fingerprint density at radius 3 is 2.88 bits per heavy atom. The topological polar surface area (TPSA) is 42.4 Å². The molecule has 0 aromatic carbocycles. The van der Waals surface area contributed by atoms with Gasteiger partial charge in [-0.15, -0.1) is 11.3 Å². The van der Waals surface area contributed by atoms with E-state index >= 15 is 0 Å². The standard InChI is InChI=1S/C19H22N2O2S/c22-19(18-17-6-2-1-4-14(17)13-24-18)21-10-7-15(8-11-21)23-16-5-3-9-20-12-16/h3,5,9,12-13,15H,1-2,4,6-8,10-11H2. The second-order valence-electron chi connectivity index (χ2n) is 6.57. The molecule has 1 aliphatic heterocycles. The van der Waals surface area contributed by atoms with E-state index < -0.39 is 0 Å². The van der Waals surface area contributed by atoms with Gasteiger partial charge in [0.05, 0.1) is 11.1 Å². The summed E-state index contributed by atoms with van der Waals surface area (Å²) in [5.41, 5.74) is 2.73. The second-order valence-corrected chi connectivity index (χ2v) is 7.45. The van der Waals surface area contributed by atoms with Crippen molar-refractivity contribution >= 4 is 17.2 Å². The molecule has 2 aromatic heterocycles. The van der Waals surface area contributed by atoms with Crippen molar-refractivity contribution < 1.29 is 9.53 Å². The Morgan fingerprint density at radius 2 is 2.08 bits per heavy atom. The van der Waals surface area contributed by atoms with E-state index in [-0.39, 0.29) is 12.0 Å². The molecule has 126 valence electrons. The Balaban J connectivity index is 1.37. The number of carbonyl (C=O) groups excluding carboxylic acids is 1. The molecule has 0 N–H and O–H groups in total. The highest BCUT2D eigenvalue weighted by molar-refractivity contribution is 7.12. The molecule has 1 fully saturated rings. The Kier molecular flexibility index (Phi) is 4.52. The maximum atomic E-state index is 12.9. The molecule has 5 heteroatoms. The summed E-state index contributed by atoms with van der Waals surface area (Å²) in [5.74, 6) is 1.04. The maximum absolute atomic E-state index is 12.9. The fraction of sp³-hybridized carbons (Fsp3) is 0.474. The average molecular weight is 342 g/mol. The molecule has 0 spiro atoms. The van der Waals surface area contributed by atoms with Gasteiger partial charge in [-0.1, -0.05) is 0 Å². The first-order valence-electron chi connectivity index (χ1n) is 8.76.